The van der Waals surface area contributed by atoms with Gasteiger partial charge in [-0.2, -0.15) is 10.1 Å². The van der Waals surface area contributed by atoms with Gasteiger partial charge in [0.2, 0.25) is 5.95 Å². The van der Waals surface area contributed by atoms with E-state index in [0.29, 0.717) is 18.6 Å². The number of nitrogens with one attached hydrogen (secondary N) is 1. The molecule has 8 heteroatoms. The van der Waals surface area contributed by atoms with E-state index in [0.717, 1.165) is 55.3 Å². The Balaban J connectivity index is 1.20. The zero-order chi connectivity index (χ0) is 21.6. The monoisotopic (exact) mass is 436 g/mol. The highest BCUT2D eigenvalue weighted by Crippen LogP contribution is 2.29. The van der Waals surface area contributed by atoms with Crippen molar-refractivity contribution in [1.29, 1.82) is 0 Å². The Bertz CT molecular complexity index is 991. The number of benzene rings is 1. The number of ether oxygens (including phenoxy) is 2. The first kappa shape index (κ1) is 21.2. The highest BCUT2D eigenvalue weighted by Gasteiger charge is 2.18. The van der Waals surface area contributed by atoms with Crippen molar-refractivity contribution in [3.63, 3.8) is 0 Å². The molecule has 0 amide bonds. The summed E-state index contributed by atoms with van der Waals surface area (Å²) in [6, 6.07) is 8.40. The van der Waals surface area contributed by atoms with Crippen molar-refractivity contribution in [3.05, 3.63) is 36.7 Å². The van der Waals surface area contributed by atoms with Gasteiger partial charge in [0.25, 0.3) is 0 Å². The van der Waals surface area contributed by atoms with Crippen LogP contribution in [-0.4, -0.2) is 64.1 Å². The summed E-state index contributed by atoms with van der Waals surface area (Å²) in [5.41, 5.74) is 1.85. The van der Waals surface area contributed by atoms with Gasteiger partial charge in [-0.05, 0) is 37.1 Å². The van der Waals surface area contributed by atoms with Crippen molar-refractivity contribution in [1.82, 2.24) is 24.6 Å². The molecule has 170 valence electrons. The molecule has 1 saturated heterocycles. The van der Waals surface area contributed by atoms with Crippen LogP contribution < -0.4 is 10.1 Å². The molecule has 0 atom stereocenters. The Kier molecular flexibility index (Phi) is 6.79. The fraction of sp³-hybridized carbons (Fsp3) is 0.542. The smallest absolute Gasteiger partial charge is 0.229 e. The third-order valence-corrected chi connectivity index (χ3v) is 6.40. The fourth-order valence-corrected chi connectivity index (χ4v) is 4.55. The predicted molar refractivity (Wildman–Crippen MR) is 125 cm³/mol. The van der Waals surface area contributed by atoms with E-state index in [-0.39, 0.29) is 0 Å². The van der Waals surface area contributed by atoms with Crippen LogP contribution in [0.25, 0.3) is 11.0 Å². The molecule has 1 aromatic carbocycles. The third kappa shape index (κ3) is 5.19. The molecule has 1 aliphatic heterocycles. The molecule has 8 nitrogen and oxygen atoms in total. The van der Waals surface area contributed by atoms with E-state index in [9.17, 15) is 0 Å². The van der Waals surface area contributed by atoms with Gasteiger partial charge in [-0.1, -0.05) is 25.7 Å². The minimum absolute atomic E-state index is 0.437. The second-order valence-electron chi connectivity index (χ2n) is 8.66. The van der Waals surface area contributed by atoms with Crippen LogP contribution >= 0.6 is 0 Å². The summed E-state index contributed by atoms with van der Waals surface area (Å²) in [5, 5.41) is 8.95. The predicted octanol–water partition coefficient (Wildman–Crippen LogP) is 4.18. The molecule has 0 unspecified atom stereocenters. The Labute approximate surface area is 188 Å². The molecule has 0 radical (unpaired) electrons. The van der Waals surface area contributed by atoms with Gasteiger partial charge < -0.3 is 14.8 Å². The van der Waals surface area contributed by atoms with E-state index >= 15 is 0 Å². The second kappa shape index (κ2) is 10.3. The third-order valence-electron chi connectivity index (χ3n) is 6.40. The molecule has 1 saturated carbocycles. The zero-order valence-corrected chi connectivity index (χ0v) is 18.6. The number of nitrogens with zero attached hydrogens (tertiary/aromatic N) is 5. The molecule has 0 bridgehead atoms. The first-order valence-electron chi connectivity index (χ1n) is 11.9. The Morgan fingerprint density at radius 2 is 1.78 bits per heavy atom. The van der Waals surface area contributed by atoms with Gasteiger partial charge >= 0.3 is 0 Å². The first-order chi connectivity index (χ1) is 15.8. The van der Waals surface area contributed by atoms with E-state index in [1.165, 1.54) is 38.5 Å². The second-order valence-corrected chi connectivity index (χ2v) is 8.66. The lowest BCUT2D eigenvalue weighted by molar-refractivity contribution is 0.0322. The van der Waals surface area contributed by atoms with Crippen LogP contribution in [-0.2, 0) is 4.74 Å². The van der Waals surface area contributed by atoms with Gasteiger partial charge in [0, 0.05) is 31.5 Å². The van der Waals surface area contributed by atoms with E-state index < -0.39 is 0 Å². The molecule has 1 N–H and O–H groups in total. The Hall–Kier alpha value is -2.71. The van der Waals surface area contributed by atoms with Gasteiger partial charge in [-0.25, -0.2) is 9.67 Å². The average Bonchev–Trinajstić information content (AvgIpc) is 3.06. The summed E-state index contributed by atoms with van der Waals surface area (Å²) >= 11 is 0. The summed E-state index contributed by atoms with van der Waals surface area (Å²) in [4.78, 5) is 11.6. The van der Waals surface area contributed by atoms with E-state index in [2.05, 4.69) is 25.0 Å². The quantitative estimate of drug-likeness (QED) is 0.557. The van der Waals surface area contributed by atoms with Crippen molar-refractivity contribution < 1.29 is 9.47 Å². The molecule has 2 aromatic heterocycles. The van der Waals surface area contributed by atoms with E-state index in [1.54, 1.807) is 0 Å². The molecule has 32 heavy (non-hydrogen) atoms. The Morgan fingerprint density at radius 1 is 1.00 bits per heavy atom. The molecule has 5 rings (SSSR count). The van der Waals surface area contributed by atoms with Crippen LogP contribution in [0.15, 0.2) is 36.7 Å². The van der Waals surface area contributed by atoms with Gasteiger partial charge in [0.15, 0.2) is 5.65 Å². The number of rotatable bonds is 7. The van der Waals surface area contributed by atoms with Crippen LogP contribution in [0.5, 0.6) is 5.75 Å². The van der Waals surface area contributed by atoms with Gasteiger partial charge in [-0.15, -0.1) is 0 Å². The lowest BCUT2D eigenvalue weighted by Crippen LogP contribution is -2.38. The number of fused-ring (bicyclic) bond motifs is 1. The molecule has 3 heterocycles. The molecular weight excluding hydrogens is 404 g/mol. The average molecular weight is 437 g/mol. The summed E-state index contributed by atoms with van der Waals surface area (Å²) in [7, 11) is 0. The number of hydrogen-bond donors (Lipinski definition) is 1. The highest BCUT2D eigenvalue weighted by atomic mass is 16.5. The maximum atomic E-state index is 5.90. The SMILES string of the molecule is c1cc(OCCN2CCOCC2)ccc1Nc1ncc2cnn(C3CCCCCC3)c2n1. The lowest BCUT2D eigenvalue weighted by atomic mass is 10.1. The van der Waals surface area contributed by atoms with E-state index in [1.807, 2.05) is 36.7 Å². The largest absolute Gasteiger partial charge is 0.492 e. The molecule has 1 aliphatic carbocycles. The summed E-state index contributed by atoms with van der Waals surface area (Å²) < 4.78 is 13.4. The van der Waals surface area contributed by atoms with Crippen LogP contribution in [0, 0.1) is 0 Å². The number of morpholine rings is 1. The normalized spacial score (nSPS) is 18.5. The minimum atomic E-state index is 0.437. The van der Waals surface area contributed by atoms with Crippen molar-refractivity contribution in [2.24, 2.45) is 0 Å². The fourth-order valence-electron chi connectivity index (χ4n) is 4.55. The molecule has 2 aliphatic rings. The maximum absolute atomic E-state index is 5.90. The minimum Gasteiger partial charge on any atom is -0.492 e. The topological polar surface area (TPSA) is 77.3 Å². The van der Waals surface area contributed by atoms with Crippen LogP contribution in [0.4, 0.5) is 11.6 Å². The number of anilines is 2. The first-order valence-corrected chi connectivity index (χ1v) is 11.9. The standard InChI is InChI=1S/C24H32N6O2/c1-2-4-6-21(5-3-1)30-23-19(18-26-30)17-25-24(28-23)27-20-7-9-22(10-8-20)32-16-13-29-11-14-31-15-12-29/h7-10,17-18,21H,1-6,11-16H2,(H,25,27,28). The van der Waals surface area contributed by atoms with Gasteiger partial charge in [0.1, 0.15) is 12.4 Å². The molecule has 0 spiro atoms. The molecule has 2 fully saturated rings. The lowest BCUT2D eigenvalue weighted by Gasteiger charge is -2.26. The van der Waals surface area contributed by atoms with Crippen LogP contribution in [0.2, 0.25) is 0 Å². The summed E-state index contributed by atoms with van der Waals surface area (Å²) in [6.45, 7) is 5.20. The summed E-state index contributed by atoms with van der Waals surface area (Å²) in [5.74, 6) is 1.46. The van der Waals surface area contributed by atoms with E-state index in [4.69, 9.17) is 14.5 Å². The van der Waals surface area contributed by atoms with Crippen molar-refractivity contribution in [2.45, 2.75) is 44.6 Å². The molecule has 3 aromatic rings. The zero-order valence-electron chi connectivity index (χ0n) is 18.6. The van der Waals surface area contributed by atoms with Crippen molar-refractivity contribution in [2.75, 3.05) is 44.8 Å². The summed E-state index contributed by atoms with van der Waals surface area (Å²) in [6.07, 6.45) is 11.3. The van der Waals surface area contributed by atoms with Gasteiger partial charge in [-0.3, -0.25) is 4.90 Å². The number of hydrogen-bond acceptors (Lipinski definition) is 7. The highest BCUT2D eigenvalue weighted by molar-refractivity contribution is 5.75. The number of aromatic nitrogens is 4. The Morgan fingerprint density at radius 3 is 2.56 bits per heavy atom. The van der Waals surface area contributed by atoms with Gasteiger partial charge in [0.05, 0.1) is 30.8 Å². The van der Waals surface area contributed by atoms with Crippen molar-refractivity contribution >= 4 is 22.7 Å². The maximum Gasteiger partial charge on any atom is 0.229 e. The van der Waals surface area contributed by atoms with Crippen LogP contribution in [0.1, 0.15) is 44.6 Å². The van der Waals surface area contributed by atoms with Crippen LogP contribution in [0.3, 0.4) is 0 Å². The van der Waals surface area contributed by atoms with Crippen molar-refractivity contribution in [3.8, 4) is 5.75 Å². The molecular formula is C24H32N6O2.